The maximum atomic E-state index is 15.4. The summed E-state index contributed by atoms with van der Waals surface area (Å²) in [6.07, 6.45) is 5.08. The fraction of sp³-hybridized carbons (Fsp3) is 0.194. The third-order valence-electron chi connectivity index (χ3n) is 7.38. The molecule has 3 heterocycles. The van der Waals surface area contributed by atoms with E-state index in [0.717, 1.165) is 16.6 Å². The summed E-state index contributed by atoms with van der Waals surface area (Å²) in [5, 5.41) is 14.2. The second kappa shape index (κ2) is 12.0. The standard InChI is InChI=1S/C36H33FN4O4/c1-5-41-20-27(23-8-6-22(2)7-9-23)34(42)33-30(41)14-16-39-35(33)40-24-10-13-32(28(37)18-24)45-31-15-17-38-29-19-25(11-12-26(29)31)44-21-36(3,4)43/h6-20,43H,5,21H2,1-4H3,(H,39,40). The number of hydrogen-bond donors (Lipinski definition) is 2. The molecule has 0 saturated carbocycles. The van der Waals surface area contributed by atoms with E-state index in [1.165, 1.54) is 12.1 Å². The Bertz CT molecular complexity index is 2090. The molecule has 0 bridgehead atoms. The number of nitrogens with one attached hydrogen (secondary N) is 1. The lowest BCUT2D eigenvalue weighted by Crippen LogP contribution is -2.27. The quantitative estimate of drug-likeness (QED) is 0.174. The van der Waals surface area contributed by atoms with Crippen LogP contribution in [0.25, 0.3) is 32.9 Å². The average Bonchev–Trinajstić information content (AvgIpc) is 3.02. The average molecular weight is 605 g/mol. The summed E-state index contributed by atoms with van der Waals surface area (Å²) >= 11 is 0. The number of aliphatic hydroxyl groups is 1. The molecule has 2 N–H and O–H groups in total. The van der Waals surface area contributed by atoms with Crippen LogP contribution >= 0.6 is 0 Å². The molecule has 0 saturated heterocycles. The Kier molecular flexibility index (Phi) is 7.95. The number of halogens is 1. The van der Waals surface area contributed by atoms with Gasteiger partial charge in [0, 0.05) is 53.9 Å². The lowest BCUT2D eigenvalue weighted by Gasteiger charge is -2.18. The number of rotatable bonds is 9. The van der Waals surface area contributed by atoms with Crippen molar-refractivity contribution in [1.82, 2.24) is 14.5 Å². The number of hydrogen-bond acceptors (Lipinski definition) is 7. The molecular formula is C36H33FN4O4. The Morgan fingerprint density at radius 2 is 1.73 bits per heavy atom. The number of fused-ring (bicyclic) bond motifs is 2. The van der Waals surface area contributed by atoms with Crippen molar-refractivity contribution in [3.05, 3.63) is 113 Å². The van der Waals surface area contributed by atoms with Crippen LogP contribution in [0, 0.1) is 12.7 Å². The van der Waals surface area contributed by atoms with E-state index in [0.29, 0.717) is 51.4 Å². The van der Waals surface area contributed by atoms with Crippen molar-refractivity contribution in [2.75, 3.05) is 11.9 Å². The predicted octanol–water partition coefficient (Wildman–Crippen LogP) is 7.76. The van der Waals surface area contributed by atoms with Gasteiger partial charge in [0.05, 0.1) is 22.0 Å². The molecule has 6 aromatic rings. The first-order valence-corrected chi connectivity index (χ1v) is 14.7. The van der Waals surface area contributed by atoms with Gasteiger partial charge in [-0.25, -0.2) is 9.37 Å². The maximum Gasteiger partial charge on any atom is 0.200 e. The van der Waals surface area contributed by atoms with E-state index in [4.69, 9.17) is 9.47 Å². The maximum absolute atomic E-state index is 15.4. The molecule has 3 aromatic heterocycles. The minimum Gasteiger partial charge on any atom is -0.491 e. The molecule has 0 aliphatic rings. The van der Waals surface area contributed by atoms with Gasteiger partial charge in [0.15, 0.2) is 11.6 Å². The third-order valence-corrected chi connectivity index (χ3v) is 7.38. The van der Waals surface area contributed by atoms with E-state index in [1.54, 1.807) is 56.6 Å². The first-order chi connectivity index (χ1) is 21.6. The van der Waals surface area contributed by atoms with Gasteiger partial charge in [-0.15, -0.1) is 0 Å². The van der Waals surface area contributed by atoms with Gasteiger partial charge in [-0.05, 0) is 69.7 Å². The van der Waals surface area contributed by atoms with E-state index in [2.05, 4.69) is 15.3 Å². The van der Waals surface area contributed by atoms with Crippen LogP contribution in [0.15, 0.2) is 96.2 Å². The molecule has 45 heavy (non-hydrogen) atoms. The number of aromatic nitrogens is 3. The highest BCUT2D eigenvalue weighted by Crippen LogP contribution is 2.34. The van der Waals surface area contributed by atoms with Gasteiger partial charge in [-0.2, -0.15) is 0 Å². The molecule has 0 unspecified atom stereocenters. The Morgan fingerprint density at radius 1 is 0.956 bits per heavy atom. The summed E-state index contributed by atoms with van der Waals surface area (Å²) in [5.74, 6) is 0.741. The molecule has 8 nitrogen and oxygen atoms in total. The van der Waals surface area contributed by atoms with Gasteiger partial charge >= 0.3 is 0 Å². The minimum absolute atomic E-state index is 0.0243. The van der Waals surface area contributed by atoms with Crippen molar-refractivity contribution in [2.45, 2.75) is 39.8 Å². The Balaban J connectivity index is 1.29. The molecule has 0 radical (unpaired) electrons. The molecule has 0 amide bonds. The van der Waals surface area contributed by atoms with E-state index in [9.17, 15) is 9.90 Å². The molecule has 0 aliphatic heterocycles. The Morgan fingerprint density at radius 3 is 2.47 bits per heavy atom. The van der Waals surface area contributed by atoms with E-state index in [1.807, 2.05) is 54.9 Å². The SMILES string of the molecule is CCn1cc(-c2ccc(C)cc2)c(=O)c2c(Nc3ccc(Oc4ccnc5cc(OCC(C)(C)O)ccc45)c(F)c3)nccc21. The zero-order valence-electron chi connectivity index (χ0n) is 25.5. The van der Waals surface area contributed by atoms with Crippen LogP contribution in [0.5, 0.6) is 17.2 Å². The molecule has 0 spiro atoms. The molecule has 0 fully saturated rings. The molecule has 3 aromatic carbocycles. The van der Waals surface area contributed by atoms with Crippen molar-refractivity contribution in [2.24, 2.45) is 0 Å². The Hall–Kier alpha value is -5.28. The fourth-order valence-electron chi connectivity index (χ4n) is 5.09. The third kappa shape index (κ3) is 6.34. The van der Waals surface area contributed by atoms with Gasteiger partial charge in [-0.3, -0.25) is 9.78 Å². The highest BCUT2D eigenvalue weighted by atomic mass is 19.1. The summed E-state index contributed by atoms with van der Waals surface area (Å²) in [4.78, 5) is 22.7. The summed E-state index contributed by atoms with van der Waals surface area (Å²) in [6.45, 7) is 8.12. The molecule has 0 aliphatic carbocycles. The van der Waals surface area contributed by atoms with Crippen LogP contribution in [0.3, 0.4) is 0 Å². The summed E-state index contributed by atoms with van der Waals surface area (Å²) in [7, 11) is 0. The molecule has 228 valence electrons. The smallest absolute Gasteiger partial charge is 0.200 e. The summed E-state index contributed by atoms with van der Waals surface area (Å²) < 4.78 is 29.1. The van der Waals surface area contributed by atoms with Crippen molar-refractivity contribution >= 4 is 33.3 Å². The zero-order chi connectivity index (χ0) is 31.7. The fourth-order valence-corrected chi connectivity index (χ4v) is 5.09. The van der Waals surface area contributed by atoms with E-state index < -0.39 is 11.4 Å². The van der Waals surface area contributed by atoms with Crippen molar-refractivity contribution < 1.29 is 19.0 Å². The topological polar surface area (TPSA) is 98.5 Å². The monoisotopic (exact) mass is 604 g/mol. The number of benzene rings is 3. The first-order valence-electron chi connectivity index (χ1n) is 14.7. The summed E-state index contributed by atoms with van der Waals surface area (Å²) in [5.41, 5.74) is 3.10. The van der Waals surface area contributed by atoms with E-state index in [-0.39, 0.29) is 17.8 Å². The van der Waals surface area contributed by atoms with Gasteiger partial charge in [0.1, 0.15) is 23.9 Å². The van der Waals surface area contributed by atoms with Crippen LogP contribution < -0.4 is 20.2 Å². The number of nitrogens with zero attached hydrogens (tertiary/aromatic N) is 3. The molecule has 0 atom stereocenters. The number of anilines is 2. The van der Waals surface area contributed by atoms with Gasteiger partial charge in [-0.1, -0.05) is 29.8 Å². The normalized spacial score (nSPS) is 11.6. The lowest BCUT2D eigenvalue weighted by molar-refractivity contribution is 0.0285. The van der Waals surface area contributed by atoms with Gasteiger partial charge in [0.25, 0.3) is 0 Å². The van der Waals surface area contributed by atoms with Crippen LogP contribution in [-0.2, 0) is 6.54 Å². The first kappa shape index (κ1) is 29.8. The van der Waals surface area contributed by atoms with Crippen LogP contribution in [-0.4, -0.2) is 31.8 Å². The lowest BCUT2D eigenvalue weighted by atomic mass is 10.0. The van der Waals surface area contributed by atoms with Crippen molar-refractivity contribution in [3.63, 3.8) is 0 Å². The van der Waals surface area contributed by atoms with Gasteiger partial charge in [0.2, 0.25) is 5.43 Å². The number of pyridine rings is 3. The molecular weight excluding hydrogens is 571 g/mol. The van der Waals surface area contributed by atoms with Crippen LogP contribution in [0.4, 0.5) is 15.9 Å². The highest BCUT2D eigenvalue weighted by molar-refractivity contribution is 5.94. The number of aryl methyl sites for hydroxylation is 2. The minimum atomic E-state index is -0.978. The van der Waals surface area contributed by atoms with Gasteiger partial charge < -0.3 is 24.5 Å². The van der Waals surface area contributed by atoms with Crippen molar-refractivity contribution in [3.8, 4) is 28.4 Å². The number of ether oxygens (including phenoxy) is 2. The second-order valence-electron chi connectivity index (χ2n) is 11.5. The molecule has 6 rings (SSSR count). The predicted molar refractivity (Wildman–Crippen MR) is 175 cm³/mol. The van der Waals surface area contributed by atoms with Crippen LogP contribution in [0.2, 0.25) is 0 Å². The second-order valence-corrected chi connectivity index (χ2v) is 11.5. The highest BCUT2D eigenvalue weighted by Gasteiger charge is 2.17. The molecule has 9 heteroatoms. The Labute approximate surface area is 259 Å². The largest absolute Gasteiger partial charge is 0.491 e. The van der Waals surface area contributed by atoms with Crippen LogP contribution in [0.1, 0.15) is 26.3 Å². The van der Waals surface area contributed by atoms with E-state index >= 15 is 4.39 Å². The summed E-state index contributed by atoms with van der Waals surface area (Å²) in [6, 6.07) is 21.1. The van der Waals surface area contributed by atoms with Crippen molar-refractivity contribution in [1.29, 1.82) is 0 Å². The zero-order valence-corrected chi connectivity index (χ0v) is 25.5.